The van der Waals surface area contributed by atoms with Gasteiger partial charge in [-0.15, -0.1) is 0 Å². The van der Waals surface area contributed by atoms with Crippen molar-refractivity contribution in [2.24, 2.45) is 0 Å². The third-order valence-electron chi connectivity index (χ3n) is 1.41. The van der Waals surface area contributed by atoms with Crippen LogP contribution < -0.4 is 10.6 Å². The average Bonchev–Trinajstić information content (AvgIpc) is 2.04. The van der Waals surface area contributed by atoms with E-state index in [-0.39, 0.29) is 18.4 Å². The van der Waals surface area contributed by atoms with Crippen LogP contribution in [0, 0.1) is 0 Å². The van der Waals surface area contributed by atoms with Crippen molar-refractivity contribution >= 4 is 12.2 Å². The lowest BCUT2D eigenvalue weighted by atomic mass is 10.2. The number of carbonyl (C=O) groups is 2. The molecule has 0 aromatic heterocycles. The summed E-state index contributed by atoms with van der Waals surface area (Å²) in [5.41, 5.74) is 0. The van der Waals surface area contributed by atoms with Crippen molar-refractivity contribution < 1.29 is 9.59 Å². The van der Waals surface area contributed by atoms with Gasteiger partial charge >= 0.3 is 0 Å². The molecule has 4 nitrogen and oxygen atoms in total. The van der Waals surface area contributed by atoms with Gasteiger partial charge in [-0.05, 0) is 13.5 Å². The Morgan fingerprint density at radius 1 is 1.42 bits per heavy atom. The van der Waals surface area contributed by atoms with Gasteiger partial charge in [-0.3, -0.25) is 4.79 Å². The van der Waals surface area contributed by atoms with Crippen molar-refractivity contribution in [2.75, 3.05) is 13.1 Å². The van der Waals surface area contributed by atoms with E-state index in [4.69, 9.17) is 0 Å². The number of hydrogen-bond donors (Lipinski definition) is 2. The first-order valence-corrected chi connectivity index (χ1v) is 4.19. The predicted octanol–water partition coefficient (Wildman–Crippen LogP) is -0.310. The van der Waals surface area contributed by atoms with E-state index in [1.807, 2.05) is 13.8 Å². The van der Waals surface area contributed by atoms with Crippen molar-refractivity contribution in [3.05, 3.63) is 0 Å². The summed E-state index contributed by atoms with van der Waals surface area (Å²) >= 11 is 0. The third-order valence-corrected chi connectivity index (χ3v) is 1.41. The van der Waals surface area contributed by atoms with Gasteiger partial charge in [0.05, 0.1) is 6.04 Å². The first kappa shape index (κ1) is 11.1. The highest BCUT2D eigenvalue weighted by atomic mass is 16.1. The molecule has 4 heteroatoms. The fourth-order valence-electron chi connectivity index (χ4n) is 0.900. The molecule has 0 aliphatic rings. The van der Waals surface area contributed by atoms with E-state index in [1.54, 1.807) is 0 Å². The molecule has 0 aromatic rings. The quantitative estimate of drug-likeness (QED) is 0.540. The molecule has 0 saturated carbocycles. The lowest BCUT2D eigenvalue weighted by Gasteiger charge is -2.09. The molecule has 0 saturated heterocycles. The molecule has 0 aromatic carbocycles. The molecule has 0 radical (unpaired) electrons. The van der Waals surface area contributed by atoms with Gasteiger partial charge in [-0.2, -0.15) is 0 Å². The summed E-state index contributed by atoms with van der Waals surface area (Å²) in [6.45, 7) is 5.05. The average molecular weight is 172 g/mol. The van der Waals surface area contributed by atoms with E-state index >= 15 is 0 Å². The van der Waals surface area contributed by atoms with Crippen LogP contribution in [0.5, 0.6) is 0 Å². The van der Waals surface area contributed by atoms with E-state index < -0.39 is 0 Å². The van der Waals surface area contributed by atoms with Crippen molar-refractivity contribution in [3.63, 3.8) is 0 Å². The maximum Gasteiger partial charge on any atom is 0.222 e. The highest BCUT2D eigenvalue weighted by molar-refractivity contribution is 5.80. The Kier molecular flexibility index (Phi) is 6.28. The van der Waals surface area contributed by atoms with Crippen LogP contribution in [0.2, 0.25) is 0 Å². The molecule has 1 atom stereocenters. The van der Waals surface area contributed by atoms with E-state index in [0.717, 1.165) is 6.29 Å². The summed E-state index contributed by atoms with van der Waals surface area (Å²) in [6.07, 6.45) is 0.990. The van der Waals surface area contributed by atoms with Crippen LogP contribution >= 0.6 is 0 Å². The second kappa shape index (κ2) is 6.79. The molecular weight excluding hydrogens is 156 g/mol. The molecule has 0 fully saturated rings. The van der Waals surface area contributed by atoms with Crippen molar-refractivity contribution in [1.82, 2.24) is 10.6 Å². The van der Waals surface area contributed by atoms with Gasteiger partial charge in [0.25, 0.3) is 0 Å². The summed E-state index contributed by atoms with van der Waals surface area (Å²) in [7, 11) is 0. The Hall–Kier alpha value is -0.900. The number of amides is 1. The lowest BCUT2D eigenvalue weighted by molar-refractivity contribution is -0.123. The second-order valence-electron chi connectivity index (χ2n) is 2.46. The Morgan fingerprint density at radius 2 is 2.08 bits per heavy atom. The number of hydrogen-bond acceptors (Lipinski definition) is 3. The molecule has 0 bridgehead atoms. The number of aldehydes is 1. The van der Waals surface area contributed by atoms with Crippen LogP contribution in [0.25, 0.3) is 0 Å². The highest BCUT2D eigenvalue weighted by Gasteiger charge is 2.09. The minimum absolute atomic E-state index is 0.0875. The topological polar surface area (TPSA) is 58.2 Å². The molecule has 0 aliphatic carbocycles. The van der Waals surface area contributed by atoms with E-state index in [0.29, 0.717) is 13.1 Å². The summed E-state index contributed by atoms with van der Waals surface area (Å²) in [5.74, 6) is -0.0875. The Balaban J connectivity index is 3.68. The fraction of sp³-hybridized carbons (Fsp3) is 0.750. The molecule has 0 spiro atoms. The summed E-state index contributed by atoms with van der Waals surface area (Å²) in [4.78, 5) is 21.4. The first-order valence-electron chi connectivity index (χ1n) is 4.19. The van der Waals surface area contributed by atoms with Gasteiger partial charge in [0.2, 0.25) is 5.91 Å². The maximum atomic E-state index is 11.0. The van der Waals surface area contributed by atoms with E-state index in [9.17, 15) is 9.59 Å². The molecular formula is C8H16N2O2. The van der Waals surface area contributed by atoms with Gasteiger partial charge < -0.3 is 15.4 Å². The number of likely N-dealkylation sites (N-methyl/N-ethyl adjacent to an activating group) is 1. The molecule has 1 amide bonds. The van der Waals surface area contributed by atoms with Crippen LogP contribution in [0.4, 0.5) is 0 Å². The Labute approximate surface area is 72.7 Å². The maximum absolute atomic E-state index is 11.0. The molecule has 1 unspecified atom stereocenters. The summed E-state index contributed by atoms with van der Waals surface area (Å²) < 4.78 is 0. The fourth-order valence-corrected chi connectivity index (χ4v) is 0.900. The largest absolute Gasteiger partial charge is 0.356 e. The number of nitrogens with one attached hydrogen (secondary N) is 2. The Bertz CT molecular complexity index is 148. The van der Waals surface area contributed by atoms with Crippen LogP contribution in [-0.2, 0) is 9.59 Å². The second-order valence-corrected chi connectivity index (χ2v) is 2.46. The molecule has 70 valence electrons. The molecule has 0 aliphatic heterocycles. The molecule has 0 rings (SSSR count). The highest BCUT2D eigenvalue weighted by Crippen LogP contribution is 1.87. The van der Waals surface area contributed by atoms with Gasteiger partial charge in [-0.25, -0.2) is 0 Å². The van der Waals surface area contributed by atoms with Crippen LogP contribution in [0.1, 0.15) is 20.3 Å². The third kappa shape index (κ3) is 4.85. The molecule has 0 heterocycles. The zero-order chi connectivity index (χ0) is 9.40. The van der Waals surface area contributed by atoms with Crippen LogP contribution in [0.3, 0.4) is 0 Å². The van der Waals surface area contributed by atoms with Gasteiger partial charge in [0, 0.05) is 13.0 Å². The van der Waals surface area contributed by atoms with Crippen molar-refractivity contribution in [1.29, 1.82) is 0 Å². The van der Waals surface area contributed by atoms with E-state index in [1.165, 1.54) is 0 Å². The molecule has 2 N–H and O–H groups in total. The molecule has 12 heavy (non-hydrogen) atoms. The van der Waals surface area contributed by atoms with E-state index in [2.05, 4.69) is 10.6 Å². The normalized spacial score (nSPS) is 12.2. The van der Waals surface area contributed by atoms with Gasteiger partial charge in [-0.1, -0.05) is 6.92 Å². The van der Waals surface area contributed by atoms with Crippen LogP contribution in [-0.4, -0.2) is 31.3 Å². The van der Waals surface area contributed by atoms with Crippen molar-refractivity contribution in [3.8, 4) is 0 Å². The smallest absolute Gasteiger partial charge is 0.222 e. The zero-order valence-electron chi connectivity index (χ0n) is 7.59. The number of rotatable bonds is 6. The monoisotopic (exact) mass is 172 g/mol. The standard InChI is InChI=1S/C8H16N2O2/c1-3-9-7(6-11)5-8(12)10-4-2/h6-7,9H,3-5H2,1-2H3,(H,10,12). The lowest BCUT2D eigenvalue weighted by Crippen LogP contribution is -2.36. The SMILES string of the molecule is CCNC(=O)CC(C=O)NCC. The number of carbonyl (C=O) groups excluding carboxylic acids is 2. The van der Waals surface area contributed by atoms with Gasteiger partial charge in [0.1, 0.15) is 6.29 Å². The van der Waals surface area contributed by atoms with Gasteiger partial charge in [0.15, 0.2) is 0 Å². The zero-order valence-corrected chi connectivity index (χ0v) is 7.59. The van der Waals surface area contributed by atoms with Crippen LogP contribution in [0.15, 0.2) is 0 Å². The summed E-state index contributed by atoms with van der Waals surface area (Å²) in [6, 6.07) is -0.346. The minimum Gasteiger partial charge on any atom is -0.356 e. The predicted molar refractivity (Wildman–Crippen MR) is 46.8 cm³/mol. The Morgan fingerprint density at radius 3 is 2.50 bits per heavy atom. The summed E-state index contributed by atoms with van der Waals surface area (Å²) in [5, 5.41) is 5.52. The first-order chi connectivity index (χ1) is 5.74. The van der Waals surface area contributed by atoms with Crippen molar-refractivity contribution in [2.45, 2.75) is 26.3 Å². The minimum atomic E-state index is -0.346.